The lowest BCUT2D eigenvalue weighted by molar-refractivity contribution is -0.0498. The van der Waals surface area contributed by atoms with Crippen LogP contribution in [0.2, 0.25) is 0 Å². The van der Waals surface area contributed by atoms with Crippen molar-refractivity contribution in [2.24, 2.45) is 5.73 Å². The highest BCUT2D eigenvalue weighted by atomic mass is 32.2. The van der Waals surface area contributed by atoms with Gasteiger partial charge in [-0.2, -0.15) is 20.5 Å². The standard InChI is InChI=1S/C15H12F2N2O3.C5H11NS.C2H6/c16-15(17)22-11-3-1-2-10(7-11)19-13-5-4-9(8-20)6-12(13)14(18)21;1-5(6-2)3-7-4-5;1-2/h1-8,15,19H,(H2,18,21);6H,3-4H2,1-2H3;1-2H3. The van der Waals surface area contributed by atoms with Crippen LogP contribution in [0.3, 0.4) is 0 Å². The van der Waals surface area contributed by atoms with Crippen LogP contribution >= 0.6 is 11.8 Å². The molecule has 1 saturated heterocycles. The molecule has 0 atom stereocenters. The number of halogens is 2. The van der Waals surface area contributed by atoms with Gasteiger partial charge in [-0.15, -0.1) is 0 Å². The van der Waals surface area contributed by atoms with E-state index in [4.69, 9.17) is 5.73 Å². The number of carbonyl (C=O) groups is 2. The zero-order chi connectivity index (χ0) is 23.4. The van der Waals surface area contributed by atoms with Gasteiger partial charge in [0.25, 0.3) is 5.91 Å². The largest absolute Gasteiger partial charge is 0.435 e. The Kier molecular flexibility index (Phi) is 11.0. The van der Waals surface area contributed by atoms with Gasteiger partial charge >= 0.3 is 6.61 Å². The molecule has 1 amide bonds. The molecule has 0 aromatic heterocycles. The Labute approximate surface area is 185 Å². The summed E-state index contributed by atoms with van der Waals surface area (Å²) in [5.74, 6) is 1.82. The number of primary amides is 1. The minimum atomic E-state index is -2.93. The average molecular weight is 454 g/mol. The molecule has 0 bridgehead atoms. The van der Waals surface area contributed by atoms with E-state index >= 15 is 0 Å². The SMILES string of the molecule is CC.CNC1(C)CSC1.NC(=O)c1cc(C=O)ccc1Nc1cccc(OC(F)F)c1. The van der Waals surface area contributed by atoms with Gasteiger partial charge < -0.3 is 21.1 Å². The smallest absolute Gasteiger partial charge is 0.387 e. The molecule has 0 saturated carbocycles. The molecular formula is C22H29F2N3O3S. The van der Waals surface area contributed by atoms with Gasteiger partial charge in [-0.3, -0.25) is 9.59 Å². The van der Waals surface area contributed by atoms with E-state index in [1.165, 1.54) is 47.9 Å². The fourth-order valence-corrected chi connectivity index (χ4v) is 3.51. The maximum Gasteiger partial charge on any atom is 0.387 e. The molecule has 0 aliphatic carbocycles. The molecule has 0 spiro atoms. The highest BCUT2D eigenvalue weighted by Crippen LogP contribution is 2.28. The summed E-state index contributed by atoms with van der Waals surface area (Å²) in [4.78, 5) is 22.2. The molecule has 2 aromatic carbocycles. The molecule has 6 nitrogen and oxygen atoms in total. The molecule has 0 radical (unpaired) electrons. The van der Waals surface area contributed by atoms with E-state index in [1.54, 1.807) is 6.07 Å². The number of rotatable bonds is 7. The van der Waals surface area contributed by atoms with Gasteiger partial charge in [0.2, 0.25) is 0 Å². The van der Waals surface area contributed by atoms with Crippen LogP contribution < -0.4 is 21.1 Å². The number of nitrogens with two attached hydrogens (primary N) is 1. The highest BCUT2D eigenvalue weighted by Gasteiger charge is 2.29. The monoisotopic (exact) mass is 453 g/mol. The molecule has 2 aromatic rings. The van der Waals surface area contributed by atoms with Crippen LogP contribution in [0.15, 0.2) is 42.5 Å². The van der Waals surface area contributed by atoms with Gasteiger partial charge in [-0.1, -0.05) is 19.9 Å². The molecular weight excluding hydrogens is 424 g/mol. The van der Waals surface area contributed by atoms with E-state index in [1.807, 2.05) is 32.7 Å². The van der Waals surface area contributed by atoms with Crippen molar-refractivity contribution in [3.63, 3.8) is 0 Å². The summed E-state index contributed by atoms with van der Waals surface area (Å²) in [5.41, 5.74) is 6.95. The fraction of sp³-hybridized carbons (Fsp3) is 0.364. The van der Waals surface area contributed by atoms with Crippen LogP contribution in [-0.4, -0.2) is 42.9 Å². The van der Waals surface area contributed by atoms with Crippen molar-refractivity contribution in [1.29, 1.82) is 0 Å². The Hall–Kier alpha value is -2.65. The number of thioether (sulfide) groups is 1. The van der Waals surface area contributed by atoms with E-state index in [-0.39, 0.29) is 11.3 Å². The average Bonchev–Trinajstić information content (AvgIpc) is 2.74. The predicted octanol–water partition coefficient (Wildman–Crippen LogP) is 4.68. The molecule has 170 valence electrons. The summed E-state index contributed by atoms with van der Waals surface area (Å²) in [5, 5.41) is 6.13. The minimum Gasteiger partial charge on any atom is -0.435 e. The number of amides is 1. The van der Waals surface area contributed by atoms with Gasteiger partial charge in [0, 0.05) is 34.4 Å². The zero-order valence-corrected chi connectivity index (χ0v) is 18.9. The van der Waals surface area contributed by atoms with Crippen molar-refractivity contribution < 1.29 is 23.1 Å². The van der Waals surface area contributed by atoms with E-state index in [2.05, 4.69) is 22.3 Å². The molecule has 3 rings (SSSR count). The first-order valence-electron chi connectivity index (χ1n) is 9.74. The maximum absolute atomic E-state index is 12.2. The second-order valence-corrected chi connectivity index (χ2v) is 7.61. The lowest BCUT2D eigenvalue weighted by Gasteiger charge is -2.37. The molecule has 1 heterocycles. The van der Waals surface area contributed by atoms with Gasteiger partial charge in [0.15, 0.2) is 0 Å². The summed E-state index contributed by atoms with van der Waals surface area (Å²) in [6, 6.07) is 10.2. The van der Waals surface area contributed by atoms with Crippen LogP contribution in [0.1, 0.15) is 41.5 Å². The Morgan fingerprint density at radius 2 is 1.90 bits per heavy atom. The summed E-state index contributed by atoms with van der Waals surface area (Å²) >= 11 is 2.01. The first-order chi connectivity index (χ1) is 14.8. The number of anilines is 2. The van der Waals surface area contributed by atoms with Crippen molar-refractivity contribution in [2.75, 3.05) is 23.9 Å². The van der Waals surface area contributed by atoms with Crippen molar-refractivity contribution in [2.45, 2.75) is 32.9 Å². The van der Waals surface area contributed by atoms with Crippen molar-refractivity contribution in [3.05, 3.63) is 53.6 Å². The third-order valence-corrected chi connectivity index (χ3v) is 5.91. The van der Waals surface area contributed by atoms with Gasteiger partial charge in [-0.05, 0) is 44.3 Å². The molecule has 1 fully saturated rings. The number of ether oxygens (including phenoxy) is 1. The Bertz CT molecular complexity index is 856. The Morgan fingerprint density at radius 1 is 1.23 bits per heavy atom. The van der Waals surface area contributed by atoms with E-state index in [0.717, 1.165) is 0 Å². The quantitative estimate of drug-likeness (QED) is 0.527. The number of alkyl halides is 2. The van der Waals surface area contributed by atoms with Crippen molar-refractivity contribution in [1.82, 2.24) is 5.32 Å². The second kappa shape index (κ2) is 12.9. The predicted molar refractivity (Wildman–Crippen MR) is 123 cm³/mol. The van der Waals surface area contributed by atoms with E-state index in [0.29, 0.717) is 28.8 Å². The summed E-state index contributed by atoms with van der Waals surface area (Å²) < 4.78 is 28.7. The maximum atomic E-state index is 12.2. The molecule has 4 N–H and O–H groups in total. The van der Waals surface area contributed by atoms with Gasteiger partial charge in [-0.25, -0.2) is 0 Å². The molecule has 31 heavy (non-hydrogen) atoms. The normalized spacial score (nSPS) is 13.5. The topological polar surface area (TPSA) is 93.5 Å². The van der Waals surface area contributed by atoms with Crippen LogP contribution in [0.4, 0.5) is 20.2 Å². The number of benzene rings is 2. The fourth-order valence-electron chi connectivity index (χ4n) is 2.41. The Morgan fingerprint density at radius 3 is 2.35 bits per heavy atom. The molecule has 1 aliphatic heterocycles. The third kappa shape index (κ3) is 8.55. The van der Waals surface area contributed by atoms with Gasteiger partial charge in [0.05, 0.1) is 11.3 Å². The zero-order valence-electron chi connectivity index (χ0n) is 18.1. The lowest BCUT2D eigenvalue weighted by Crippen LogP contribution is -2.51. The first kappa shape index (κ1) is 26.4. The van der Waals surface area contributed by atoms with Crippen molar-refractivity contribution in [3.8, 4) is 5.75 Å². The van der Waals surface area contributed by atoms with Crippen LogP contribution in [0, 0.1) is 0 Å². The number of nitrogens with one attached hydrogen (secondary N) is 2. The Balaban J connectivity index is 0.000000447. The van der Waals surface area contributed by atoms with Crippen molar-refractivity contribution >= 4 is 35.3 Å². The summed E-state index contributed by atoms with van der Waals surface area (Å²) in [6.07, 6.45) is 0.591. The third-order valence-electron chi connectivity index (χ3n) is 4.23. The van der Waals surface area contributed by atoms with E-state index in [9.17, 15) is 18.4 Å². The second-order valence-electron chi connectivity index (χ2n) is 6.62. The molecule has 0 unspecified atom stereocenters. The van der Waals surface area contributed by atoms with E-state index < -0.39 is 12.5 Å². The molecule has 1 aliphatic rings. The van der Waals surface area contributed by atoms with Crippen LogP contribution in [0.5, 0.6) is 5.75 Å². The number of hydrogen-bond acceptors (Lipinski definition) is 6. The first-order valence-corrected chi connectivity index (χ1v) is 10.9. The van der Waals surface area contributed by atoms with Crippen LogP contribution in [-0.2, 0) is 0 Å². The van der Waals surface area contributed by atoms with Gasteiger partial charge in [0.1, 0.15) is 12.0 Å². The summed E-state index contributed by atoms with van der Waals surface area (Å²) in [7, 11) is 2.03. The number of carbonyl (C=O) groups excluding carboxylic acids is 2. The number of hydrogen-bond donors (Lipinski definition) is 3. The highest BCUT2D eigenvalue weighted by molar-refractivity contribution is 8.00. The lowest BCUT2D eigenvalue weighted by atomic mass is 10.1. The minimum absolute atomic E-state index is 0.0230. The molecule has 9 heteroatoms. The van der Waals surface area contributed by atoms with Crippen LogP contribution in [0.25, 0.3) is 0 Å². The number of aldehydes is 1. The summed E-state index contributed by atoms with van der Waals surface area (Å²) in [6.45, 7) is 3.33.